The summed E-state index contributed by atoms with van der Waals surface area (Å²) in [6.45, 7) is 4.52. The van der Waals surface area contributed by atoms with Crippen LogP contribution in [0.25, 0.3) is 0 Å². The maximum atomic E-state index is 9.05. The van der Waals surface area contributed by atoms with Gasteiger partial charge in [0.1, 0.15) is 0 Å². The molecule has 2 rings (SSSR count). The number of rotatable bonds is 1. The van der Waals surface area contributed by atoms with Crippen molar-refractivity contribution in [2.75, 3.05) is 0 Å². The quantitative estimate of drug-likeness (QED) is 0.738. The Morgan fingerprint density at radius 3 is 2.93 bits per heavy atom. The van der Waals surface area contributed by atoms with Crippen LogP contribution in [0.3, 0.4) is 0 Å². The first-order chi connectivity index (χ1) is 6.63. The molecular weight excluding hydrogens is 174 g/mol. The van der Waals surface area contributed by atoms with Gasteiger partial charge in [-0.25, -0.2) is 0 Å². The lowest BCUT2D eigenvalue weighted by Gasteiger charge is -2.31. The number of aliphatic hydroxyl groups excluding tert-OH is 1. The van der Waals surface area contributed by atoms with Gasteiger partial charge in [0.05, 0.1) is 12.3 Å². The monoisotopic (exact) mass is 191 g/mol. The molecule has 1 heterocycles. The van der Waals surface area contributed by atoms with Crippen molar-refractivity contribution in [3.8, 4) is 0 Å². The van der Waals surface area contributed by atoms with E-state index in [2.05, 4.69) is 24.9 Å². The molecule has 1 aliphatic carbocycles. The number of hydrogen-bond acceptors (Lipinski definition) is 2. The van der Waals surface area contributed by atoms with Gasteiger partial charge in [-0.2, -0.15) is 0 Å². The van der Waals surface area contributed by atoms with Crippen LogP contribution in [0.5, 0.6) is 0 Å². The fourth-order valence-electron chi connectivity index (χ4n) is 2.24. The lowest BCUT2D eigenvalue weighted by atomic mass is 9.76. The third-order valence-electron chi connectivity index (χ3n) is 3.09. The maximum absolute atomic E-state index is 9.05. The van der Waals surface area contributed by atoms with Crippen LogP contribution < -0.4 is 0 Å². The van der Waals surface area contributed by atoms with Crippen molar-refractivity contribution in [2.24, 2.45) is 0 Å². The van der Waals surface area contributed by atoms with Crippen LogP contribution in [-0.4, -0.2) is 10.1 Å². The maximum Gasteiger partial charge on any atom is 0.0853 e. The summed E-state index contributed by atoms with van der Waals surface area (Å²) in [5, 5.41) is 9.05. The van der Waals surface area contributed by atoms with Crippen LogP contribution in [-0.2, 0) is 18.4 Å². The summed E-state index contributed by atoms with van der Waals surface area (Å²) in [5.41, 5.74) is 3.52. The predicted octanol–water partition coefficient (Wildman–Crippen LogP) is 2.19. The third-order valence-corrected chi connectivity index (χ3v) is 3.09. The summed E-state index contributed by atoms with van der Waals surface area (Å²) in [6.07, 6.45) is 3.58. The van der Waals surface area contributed by atoms with E-state index in [4.69, 9.17) is 5.11 Å². The molecule has 1 N–H and O–H groups in total. The first kappa shape index (κ1) is 9.66. The average Bonchev–Trinajstić information content (AvgIpc) is 2.17. The summed E-state index contributed by atoms with van der Waals surface area (Å²) >= 11 is 0. The minimum Gasteiger partial charge on any atom is -0.390 e. The van der Waals surface area contributed by atoms with E-state index >= 15 is 0 Å². The van der Waals surface area contributed by atoms with Crippen LogP contribution in [0, 0.1) is 0 Å². The lowest BCUT2D eigenvalue weighted by molar-refractivity contribution is 0.275. The molecule has 0 radical (unpaired) electrons. The average molecular weight is 191 g/mol. The standard InChI is InChI=1S/C12H17NO/c1-12(2)7-3-4-9-5-6-10(8-14)13-11(9)12/h5-6,14H,3-4,7-8H2,1-2H3. The van der Waals surface area contributed by atoms with Crippen molar-refractivity contribution >= 4 is 0 Å². The predicted molar refractivity (Wildman–Crippen MR) is 56.1 cm³/mol. The van der Waals surface area contributed by atoms with Gasteiger partial charge in [0, 0.05) is 11.1 Å². The van der Waals surface area contributed by atoms with Crippen molar-refractivity contribution in [1.82, 2.24) is 4.98 Å². The molecule has 1 aliphatic rings. The molecule has 1 aromatic rings. The summed E-state index contributed by atoms with van der Waals surface area (Å²) < 4.78 is 0. The second kappa shape index (κ2) is 3.35. The Hall–Kier alpha value is -0.890. The normalized spacial score (nSPS) is 19.1. The number of fused-ring (bicyclic) bond motifs is 1. The molecule has 1 aromatic heterocycles. The number of aromatic nitrogens is 1. The molecule has 0 atom stereocenters. The first-order valence-electron chi connectivity index (χ1n) is 5.23. The zero-order valence-electron chi connectivity index (χ0n) is 8.88. The molecule has 2 nitrogen and oxygen atoms in total. The van der Waals surface area contributed by atoms with Gasteiger partial charge in [0.2, 0.25) is 0 Å². The molecule has 0 saturated carbocycles. The van der Waals surface area contributed by atoms with Gasteiger partial charge in [-0.3, -0.25) is 4.98 Å². The van der Waals surface area contributed by atoms with E-state index in [0.29, 0.717) is 0 Å². The molecule has 0 fully saturated rings. The highest BCUT2D eigenvalue weighted by Crippen LogP contribution is 2.35. The van der Waals surface area contributed by atoms with Gasteiger partial charge in [0.15, 0.2) is 0 Å². The molecule has 0 bridgehead atoms. The van der Waals surface area contributed by atoms with Gasteiger partial charge in [-0.15, -0.1) is 0 Å². The summed E-state index contributed by atoms with van der Waals surface area (Å²) in [4.78, 5) is 4.53. The minimum absolute atomic E-state index is 0.0450. The highest BCUT2D eigenvalue weighted by Gasteiger charge is 2.28. The molecule has 0 unspecified atom stereocenters. The van der Waals surface area contributed by atoms with Gasteiger partial charge >= 0.3 is 0 Å². The zero-order valence-corrected chi connectivity index (χ0v) is 8.88. The number of aryl methyl sites for hydroxylation is 1. The number of pyridine rings is 1. The van der Waals surface area contributed by atoms with Crippen molar-refractivity contribution < 1.29 is 5.11 Å². The molecule has 2 heteroatoms. The molecule has 0 saturated heterocycles. The zero-order chi connectivity index (χ0) is 10.2. The minimum atomic E-state index is 0.0450. The molecular formula is C12H17NO. The van der Waals surface area contributed by atoms with E-state index in [1.807, 2.05) is 6.07 Å². The van der Waals surface area contributed by atoms with E-state index in [1.54, 1.807) is 0 Å². The van der Waals surface area contributed by atoms with Crippen molar-refractivity contribution in [3.63, 3.8) is 0 Å². The van der Waals surface area contributed by atoms with Crippen LogP contribution in [0.1, 0.15) is 43.6 Å². The highest BCUT2D eigenvalue weighted by molar-refractivity contribution is 5.31. The van der Waals surface area contributed by atoms with Gasteiger partial charge < -0.3 is 5.11 Å². The van der Waals surface area contributed by atoms with Crippen LogP contribution in [0.2, 0.25) is 0 Å². The first-order valence-corrected chi connectivity index (χ1v) is 5.23. The smallest absolute Gasteiger partial charge is 0.0853 e. The molecule has 0 aliphatic heterocycles. The topological polar surface area (TPSA) is 33.1 Å². The molecule has 0 amide bonds. The Kier molecular flexibility index (Phi) is 2.31. The Morgan fingerprint density at radius 2 is 2.21 bits per heavy atom. The Labute approximate surface area is 85.0 Å². The van der Waals surface area contributed by atoms with Crippen molar-refractivity contribution in [2.45, 2.75) is 45.1 Å². The van der Waals surface area contributed by atoms with Crippen LogP contribution in [0.4, 0.5) is 0 Å². The van der Waals surface area contributed by atoms with E-state index in [9.17, 15) is 0 Å². The fourth-order valence-corrected chi connectivity index (χ4v) is 2.24. The molecule has 14 heavy (non-hydrogen) atoms. The molecule has 0 aromatic carbocycles. The van der Waals surface area contributed by atoms with Crippen molar-refractivity contribution in [3.05, 3.63) is 29.1 Å². The highest BCUT2D eigenvalue weighted by atomic mass is 16.3. The largest absolute Gasteiger partial charge is 0.390 e. The fraction of sp³-hybridized carbons (Fsp3) is 0.583. The summed E-state index contributed by atoms with van der Waals surface area (Å²) in [5.74, 6) is 0. The number of aliphatic hydroxyl groups is 1. The van der Waals surface area contributed by atoms with Crippen LogP contribution in [0.15, 0.2) is 12.1 Å². The second-order valence-corrected chi connectivity index (χ2v) is 4.71. The van der Waals surface area contributed by atoms with Gasteiger partial charge in [-0.05, 0) is 30.9 Å². The van der Waals surface area contributed by atoms with Crippen LogP contribution >= 0.6 is 0 Å². The Bertz CT molecular complexity index is 344. The van der Waals surface area contributed by atoms with Gasteiger partial charge in [0.25, 0.3) is 0 Å². The number of hydrogen-bond donors (Lipinski definition) is 1. The third kappa shape index (κ3) is 1.55. The van der Waals surface area contributed by atoms with Gasteiger partial charge in [-0.1, -0.05) is 19.9 Å². The van der Waals surface area contributed by atoms with E-state index in [-0.39, 0.29) is 12.0 Å². The second-order valence-electron chi connectivity index (χ2n) is 4.71. The summed E-state index contributed by atoms with van der Waals surface area (Å²) in [6, 6.07) is 4.05. The Balaban J connectivity index is 2.49. The SMILES string of the molecule is CC1(C)CCCc2ccc(CO)nc21. The van der Waals surface area contributed by atoms with E-state index < -0.39 is 0 Å². The number of nitrogens with zero attached hydrogens (tertiary/aromatic N) is 1. The molecule has 76 valence electrons. The van der Waals surface area contributed by atoms with E-state index in [0.717, 1.165) is 12.1 Å². The summed E-state index contributed by atoms with van der Waals surface area (Å²) in [7, 11) is 0. The van der Waals surface area contributed by atoms with Crippen molar-refractivity contribution in [1.29, 1.82) is 0 Å². The Morgan fingerprint density at radius 1 is 1.43 bits per heavy atom. The lowest BCUT2D eigenvalue weighted by Crippen LogP contribution is -2.25. The van der Waals surface area contributed by atoms with E-state index in [1.165, 1.54) is 24.1 Å². The molecule has 0 spiro atoms.